The average molecular weight is 522 g/mol. The SMILES string of the molecule is O=C(NCCCN1CCOCC1)c1nn2c(c1Br)N[C@H](c1cccs1)C[C@@H]2C(F)(F)F. The first-order valence-corrected chi connectivity index (χ1v) is 11.7. The van der Waals surface area contributed by atoms with E-state index in [1.165, 1.54) is 11.3 Å². The van der Waals surface area contributed by atoms with Gasteiger partial charge in [0.2, 0.25) is 0 Å². The minimum atomic E-state index is -4.48. The van der Waals surface area contributed by atoms with Gasteiger partial charge in [0.1, 0.15) is 5.82 Å². The molecule has 2 aromatic rings. The molecular formula is C19H23BrF3N5O2S. The Bertz CT molecular complexity index is 899. The van der Waals surface area contributed by atoms with Gasteiger partial charge in [0.05, 0.1) is 23.7 Å². The molecule has 4 heterocycles. The molecule has 0 bridgehead atoms. The van der Waals surface area contributed by atoms with Crippen LogP contribution in [0.2, 0.25) is 0 Å². The summed E-state index contributed by atoms with van der Waals surface area (Å²) in [7, 11) is 0. The molecule has 31 heavy (non-hydrogen) atoms. The molecule has 0 aromatic carbocycles. The van der Waals surface area contributed by atoms with Gasteiger partial charge in [0.25, 0.3) is 5.91 Å². The van der Waals surface area contributed by atoms with E-state index in [2.05, 4.69) is 36.6 Å². The summed E-state index contributed by atoms with van der Waals surface area (Å²) in [6, 6.07) is 1.30. The number of anilines is 1. The Hall–Kier alpha value is -1.63. The maximum absolute atomic E-state index is 13.8. The first kappa shape index (κ1) is 22.6. The number of hydrogen-bond acceptors (Lipinski definition) is 6. The largest absolute Gasteiger partial charge is 0.410 e. The normalized spacial score (nSPS) is 22.1. The van der Waals surface area contributed by atoms with Crippen molar-refractivity contribution in [2.24, 2.45) is 0 Å². The number of ether oxygens (including phenoxy) is 1. The van der Waals surface area contributed by atoms with E-state index in [-0.39, 0.29) is 22.4 Å². The summed E-state index contributed by atoms with van der Waals surface area (Å²) in [6.45, 7) is 4.38. The van der Waals surface area contributed by atoms with Crippen molar-refractivity contribution >= 4 is 39.0 Å². The molecule has 12 heteroatoms. The molecule has 1 amide bonds. The van der Waals surface area contributed by atoms with Crippen LogP contribution in [0.5, 0.6) is 0 Å². The Kier molecular flexibility index (Phi) is 6.89. The zero-order valence-corrected chi connectivity index (χ0v) is 19.0. The van der Waals surface area contributed by atoms with Crippen LogP contribution in [-0.4, -0.2) is 66.2 Å². The number of carbonyl (C=O) groups excluding carboxylic acids is 1. The third-order valence-corrected chi connectivity index (χ3v) is 7.17. The Labute approximate surface area is 190 Å². The number of nitrogens with zero attached hydrogens (tertiary/aromatic N) is 3. The van der Waals surface area contributed by atoms with Crippen molar-refractivity contribution in [3.63, 3.8) is 0 Å². The topological polar surface area (TPSA) is 71.4 Å². The van der Waals surface area contributed by atoms with Gasteiger partial charge in [-0.2, -0.15) is 18.3 Å². The molecule has 1 saturated heterocycles. The van der Waals surface area contributed by atoms with E-state index >= 15 is 0 Å². The van der Waals surface area contributed by atoms with Gasteiger partial charge in [-0.05, 0) is 40.3 Å². The van der Waals surface area contributed by atoms with Crippen molar-refractivity contribution in [3.8, 4) is 0 Å². The van der Waals surface area contributed by atoms with E-state index in [9.17, 15) is 18.0 Å². The van der Waals surface area contributed by atoms with Crippen LogP contribution < -0.4 is 10.6 Å². The number of morpholine rings is 1. The molecule has 0 aliphatic carbocycles. The van der Waals surface area contributed by atoms with Crippen LogP contribution in [-0.2, 0) is 4.74 Å². The second-order valence-corrected chi connectivity index (χ2v) is 9.30. The number of hydrogen-bond donors (Lipinski definition) is 2. The Morgan fingerprint density at radius 2 is 2.16 bits per heavy atom. The van der Waals surface area contributed by atoms with Gasteiger partial charge in [-0.3, -0.25) is 9.69 Å². The van der Waals surface area contributed by atoms with E-state index in [0.717, 1.165) is 35.6 Å². The number of thiophene rings is 1. The van der Waals surface area contributed by atoms with E-state index < -0.39 is 24.2 Å². The van der Waals surface area contributed by atoms with Crippen molar-refractivity contribution < 1.29 is 22.7 Å². The molecule has 2 N–H and O–H groups in total. The van der Waals surface area contributed by atoms with Gasteiger partial charge in [0.15, 0.2) is 11.7 Å². The van der Waals surface area contributed by atoms with E-state index in [1.54, 1.807) is 12.1 Å². The molecule has 1 fully saturated rings. The third-order valence-electron chi connectivity index (χ3n) is 5.44. The highest BCUT2D eigenvalue weighted by atomic mass is 79.9. The van der Waals surface area contributed by atoms with Crippen molar-refractivity contribution in [1.82, 2.24) is 20.0 Å². The molecule has 0 unspecified atom stereocenters. The predicted molar refractivity (Wildman–Crippen MR) is 115 cm³/mol. The average Bonchev–Trinajstić information content (AvgIpc) is 3.39. The number of halogens is 4. The van der Waals surface area contributed by atoms with Gasteiger partial charge in [0, 0.05) is 30.9 Å². The minimum absolute atomic E-state index is 0.0463. The number of fused-ring (bicyclic) bond motifs is 1. The van der Waals surface area contributed by atoms with E-state index in [4.69, 9.17) is 4.74 Å². The third kappa shape index (κ3) is 5.07. The maximum Gasteiger partial charge on any atom is 0.410 e. The first-order valence-electron chi connectivity index (χ1n) is 10.1. The Morgan fingerprint density at radius 3 is 2.84 bits per heavy atom. The highest BCUT2D eigenvalue weighted by Crippen LogP contribution is 2.46. The van der Waals surface area contributed by atoms with Crippen LogP contribution in [0.4, 0.5) is 19.0 Å². The second-order valence-electron chi connectivity index (χ2n) is 7.52. The molecule has 4 rings (SSSR count). The van der Waals surface area contributed by atoms with Gasteiger partial charge in [-0.1, -0.05) is 6.07 Å². The molecule has 2 atom stereocenters. The molecular weight excluding hydrogens is 499 g/mol. The summed E-state index contributed by atoms with van der Waals surface area (Å²) < 4.78 is 47.8. The van der Waals surface area contributed by atoms with Crippen LogP contribution in [0.3, 0.4) is 0 Å². The summed E-state index contributed by atoms with van der Waals surface area (Å²) in [6.07, 6.45) is -3.93. The smallest absolute Gasteiger partial charge is 0.379 e. The second kappa shape index (κ2) is 9.47. The quantitative estimate of drug-likeness (QED) is 0.565. The van der Waals surface area contributed by atoms with Crippen molar-refractivity contribution in [2.45, 2.75) is 31.1 Å². The number of aromatic nitrogens is 2. The first-order chi connectivity index (χ1) is 14.8. The highest BCUT2D eigenvalue weighted by molar-refractivity contribution is 9.10. The van der Waals surface area contributed by atoms with Crippen LogP contribution in [0.25, 0.3) is 0 Å². The Balaban J connectivity index is 1.45. The summed E-state index contributed by atoms with van der Waals surface area (Å²) >= 11 is 4.70. The number of alkyl halides is 3. The molecule has 0 spiro atoms. The summed E-state index contributed by atoms with van der Waals surface area (Å²) in [5, 5.41) is 11.8. The minimum Gasteiger partial charge on any atom is -0.379 e. The molecule has 2 aliphatic heterocycles. The predicted octanol–water partition coefficient (Wildman–Crippen LogP) is 3.82. The molecule has 2 aliphatic rings. The number of carbonyl (C=O) groups is 1. The van der Waals surface area contributed by atoms with Crippen LogP contribution in [0, 0.1) is 0 Å². The zero-order chi connectivity index (χ0) is 22.0. The molecule has 7 nitrogen and oxygen atoms in total. The standard InChI is InChI=1S/C19H23BrF3N5O2S/c20-15-16(18(29)24-4-2-5-27-6-8-30-9-7-27)26-28-14(19(21,22)23)11-12(25-17(15)28)13-3-1-10-31-13/h1,3,10,12,14,25H,2,4-9,11H2,(H,24,29)/t12-,14+/m0/s1. The maximum atomic E-state index is 13.8. The lowest BCUT2D eigenvalue weighted by Gasteiger charge is -2.33. The highest BCUT2D eigenvalue weighted by Gasteiger charge is 2.47. The molecule has 2 aromatic heterocycles. The fourth-order valence-corrected chi connectivity index (χ4v) is 5.17. The summed E-state index contributed by atoms with van der Waals surface area (Å²) in [4.78, 5) is 15.7. The van der Waals surface area contributed by atoms with Gasteiger partial charge >= 0.3 is 6.18 Å². The fraction of sp³-hybridized carbons (Fsp3) is 0.579. The Morgan fingerprint density at radius 1 is 1.39 bits per heavy atom. The van der Waals surface area contributed by atoms with Crippen LogP contribution in [0.15, 0.2) is 22.0 Å². The van der Waals surface area contributed by atoms with Crippen molar-refractivity contribution in [3.05, 3.63) is 32.6 Å². The van der Waals surface area contributed by atoms with Gasteiger partial charge in [-0.15, -0.1) is 11.3 Å². The number of nitrogens with one attached hydrogen (secondary N) is 2. The monoisotopic (exact) mass is 521 g/mol. The van der Waals surface area contributed by atoms with Gasteiger partial charge in [-0.25, -0.2) is 4.68 Å². The lowest BCUT2D eigenvalue weighted by molar-refractivity contribution is -0.173. The summed E-state index contributed by atoms with van der Waals surface area (Å²) in [5.41, 5.74) is -0.0463. The lowest BCUT2D eigenvalue weighted by Crippen LogP contribution is -2.38. The fourth-order valence-electron chi connectivity index (χ4n) is 3.82. The van der Waals surface area contributed by atoms with E-state index in [1.807, 2.05) is 5.38 Å². The molecule has 170 valence electrons. The number of rotatable bonds is 6. The molecule has 0 saturated carbocycles. The zero-order valence-electron chi connectivity index (χ0n) is 16.6. The van der Waals surface area contributed by atoms with Crippen molar-refractivity contribution in [2.75, 3.05) is 44.7 Å². The van der Waals surface area contributed by atoms with Gasteiger partial charge < -0.3 is 15.4 Å². The lowest BCUT2D eigenvalue weighted by atomic mass is 10.0. The molecule has 0 radical (unpaired) electrons. The number of amides is 1. The van der Waals surface area contributed by atoms with Crippen LogP contribution >= 0.6 is 27.3 Å². The van der Waals surface area contributed by atoms with E-state index in [0.29, 0.717) is 19.8 Å². The van der Waals surface area contributed by atoms with Crippen LogP contribution in [0.1, 0.15) is 40.3 Å². The summed E-state index contributed by atoms with van der Waals surface area (Å²) in [5.74, 6) is -0.323. The van der Waals surface area contributed by atoms with Crippen molar-refractivity contribution in [1.29, 1.82) is 0 Å².